The van der Waals surface area contributed by atoms with E-state index in [2.05, 4.69) is 34.2 Å². The minimum atomic E-state index is -0.327. The number of anilines is 1. The van der Waals surface area contributed by atoms with Gasteiger partial charge in [0.25, 0.3) is 5.91 Å². The Kier molecular flexibility index (Phi) is 4.63. The molecule has 1 N–H and O–H groups in total. The number of para-hydroxylation sites is 1. The summed E-state index contributed by atoms with van der Waals surface area (Å²) >= 11 is 7.37. The highest BCUT2D eigenvalue weighted by Gasteiger charge is 2.20. The number of amides is 1. The number of nitrogens with zero attached hydrogens (tertiary/aromatic N) is 4. The number of thiazole rings is 1. The molecule has 0 fully saturated rings. The Balaban J connectivity index is 1.69. The monoisotopic (exact) mass is 397 g/mol. The lowest BCUT2D eigenvalue weighted by Gasteiger charge is -2.05. The van der Waals surface area contributed by atoms with E-state index in [-0.39, 0.29) is 11.8 Å². The Hall–Kier alpha value is -2.77. The fourth-order valence-electron chi connectivity index (χ4n) is 2.65. The summed E-state index contributed by atoms with van der Waals surface area (Å²) in [6.07, 6.45) is 1.48. The predicted octanol–water partition coefficient (Wildman–Crippen LogP) is 4.91. The molecule has 0 unspecified atom stereocenters. The normalized spacial score (nSPS) is 11.3. The van der Waals surface area contributed by atoms with Crippen molar-refractivity contribution in [3.8, 4) is 5.13 Å². The molecule has 3 heterocycles. The Morgan fingerprint density at radius 3 is 2.74 bits per heavy atom. The van der Waals surface area contributed by atoms with Crippen LogP contribution in [-0.2, 0) is 0 Å². The van der Waals surface area contributed by atoms with E-state index in [9.17, 15) is 4.79 Å². The second-order valence-corrected chi connectivity index (χ2v) is 7.75. The number of benzene rings is 1. The summed E-state index contributed by atoms with van der Waals surface area (Å²) in [5.41, 5.74) is 2.15. The van der Waals surface area contributed by atoms with Crippen LogP contribution in [0.25, 0.3) is 15.3 Å². The van der Waals surface area contributed by atoms with Crippen molar-refractivity contribution in [1.29, 1.82) is 0 Å². The number of carbonyl (C=O) groups excluding carboxylic acids is 1. The molecule has 0 aliphatic heterocycles. The van der Waals surface area contributed by atoms with Crippen molar-refractivity contribution in [3.63, 3.8) is 0 Å². The van der Waals surface area contributed by atoms with E-state index in [1.54, 1.807) is 34.2 Å². The Bertz CT molecular complexity index is 1080. The number of aromatic nitrogens is 4. The van der Waals surface area contributed by atoms with Crippen molar-refractivity contribution < 1.29 is 4.79 Å². The van der Waals surface area contributed by atoms with Crippen molar-refractivity contribution in [3.05, 3.63) is 65.1 Å². The maximum atomic E-state index is 12.6. The molecule has 0 aliphatic rings. The van der Waals surface area contributed by atoms with Gasteiger partial charge in [-0.2, -0.15) is 5.10 Å². The van der Waals surface area contributed by atoms with Crippen LogP contribution < -0.4 is 5.32 Å². The number of rotatable bonds is 4. The third-order valence-corrected chi connectivity index (χ3v) is 5.23. The zero-order valence-electron chi connectivity index (χ0n) is 14.7. The average Bonchev–Trinajstić information content (AvgIpc) is 3.27. The minimum Gasteiger partial charge on any atom is -0.305 e. The van der Waals surface area contributed by atoms with Gasteiger partial charge in [-0.05, 0) is 36.2 Å². The topological polar surface area (TPSA) is 72.7 Å². The van der Waals surface area contributed by atoms with Crippen molar-refractivity contribution >= 4 is 44.9 Å². The van der Waals surface area contributed by atoms with E-state index < -0.39 is 0 Å². The molecule has 0 saturated carbocycles. The number of halogens is 1. The summed E-state index contributed by atoms with van der Waals surface area (Å²) in [4.78, 5) is 21.4. The molecule has 8 heteroatoms. The number of fused-ring (bicyclic) bond motifs is 1. The highest BCUT2D eigenvalue weighted by molar-refractivity contribution is 7.20. The van der Waals surface area contributed by atoms with Crippen molar-refractivity contribution in [2.75, 3.05) is 5.32 Å². The van der Waals surface area contributed by atoms with E-state index in [0.29, 0.717) is 16.5 Å². The second-order valence-electron chi connectivity index (χ2n) is 6.30. The minimum absolute atomic E-state index is 0.180. The molecule has 27 heavy (non-hydrogen) atoms. The Labute approximate surface area is 164 Å². The van der Waals surface area contributed by atoms with E-state index in [4.69, 9.17) is 11.6 Å². The van der Waals surface area contributed by atoms with Gasteiger partial charge in [-0.1, -0.05) is 48.9 Å². The largest absolute Gasteiger partial charge is 0.305 e. The van der Waals surface area contributed by atoms with Gasteiger partial charge < -0.3 is 5.32 Å². The first-order valence-electron chi connectivity index (χ1n) is 8.40. The molecule has 1 aromatic carbocycles. The summed E-state index contributed by atoms with van der Waals surface area (Å²) in [6.45, 7) is 4.12. The van der Waals surface area contributed by atoms with Crippen LogP contribution in [0.3, 0.4) is 0 Å². The Morgan fingerprint density at radius 1 is 1.22 bits per heavy atom. The molecule has 0 bridgehead atoms. The van der Waals surface area contributed by atoms with E-state index in [1.807, 2.05) is 24.3 Å². The molecule has 4 rings (SSSR count). The predicted molar refractivity (Wildman–Crippen MR) is 108 cm³/mol. The molecule has 0 spiro atoms. The van der Waals surface area contributed by atoms with Crippen LogP contribution in [0.1, 0.15) is 35.9 Å². The lowest BCUT2D eigenvalue weighted by Crippen LogP contribution is -2.14. The lowest BCUT2D eigenvalue weighted by atomic mass is 10.1. The molecule has 3 aromatic heterocycles. The van der Waals surface area contributed by atoms with Crippen LogP contribution in [0.2, 0.25) is 5.02 Å². The number of nitrogens with one attached hydrogen (secondary N) is 1. The van der Waals surface area contributed by atoms with Gasteiger partial charge in [-0.3, -0.25) is 4.79 Å². The molecule has 0 atom stereocenters. The molecule has 0 radical (unpaired) electrons. The molecule has 6 nitrogen and oxygen atoms in total. The first-order chi connectivity index (χ1) is 13.0. The number of hydrogen-bond acceptors (Lipinski definition) is 5. The Morgan fingerprint density at radius 2 is 2.04 bits per heavy atom. The number of hydrogen-bond donors (Lipinski definition) is 1. The molecule has 0 aliphatic carbocycles. The van der Waals surface area contributed by atoms with Gasteiger partial charge in [-0.15, -0.1) is 0 Å². The lowest BCUT2D eigenvalue weighted by molar-refractivity contribution is 0.102. The van der Waals surface area contributed by atoms with Gasteiger partial charge in [-0.25, -0.2) is 14.6 Å². The van der Waals surface area contributed by atoms with Gasteiger partial charge in [0.2, 0.25) is 5.13 Å². The van der Waals surface area contributed by atoms with Crippen molar-refractivity contribution in [2.45, 2.75) is 19.8 Å². The molecule has 136 valence electrons. The van der Waals surface area contributed by atoms with Gasteiger partial charge in [0.15, 0.2) is 5.69 Å². The first-order valence-corrected chi connectivity index (χ1v) is 9.59. The van der Waals surface area contributed by atoms with Crippen LogP contribution in [0.5, 0.6) is 0 Å². The van der Waals surface area contributed by atoms with Crippen LogP contribution in [-0.4, -0.2) is 25.7 Å². The zero-order valence-corrected chi connectivity index (χ0v) is 16.3. The number of pyridine rings is 1. The standard InChI is InChI=1S/C19H16ClN5OS/c1-11(2)15-9-14(18(26)23-17-8-7-12(20)10-21-17)24-25(15)19-22-13-5-3-4-6-16(13)27-19/h3-11H,1-2H3,(H,21,23,26). The summed E-state index contributed by atoms with van der Waals surface area (Å²) < 4.78 is 2.83. The van der Waals surface area contributed by atoms with E-state index >= 15 is 0 Å². The summed E-state index contributed by atoms with van der Waals surface area (Å²) in [6, 6.07) is 13.0. The highest BCUT2D eigenvalue weighted by atomic mass is 35.5. The van der Waals surface area contributed by atoms with Crippen molar-refractivity contribution in [1.82, 2.24) is 19.7 Å². The summed E-state index contributed by atoms with van der Waals surface area (Å²) in [5.74, 6) is 0.274. The zero-order chi connectivity index (χ0) is 19.0. The molecular formula is C19H16ClN5OS. The van der Waals surface area contributed by atoms with Gasteiger partial charge in [0.1, 0.15) is 5.82 Å². The maximum Gasteiger partial charge on any atom is 0.277 e. The van der Waals surface area contributed by atoms with Crippen LogP contribution >= 0.6 is 22.9 Å². The van der Waals surface area contributed by atoms with Gasteiger partial charge in [0.05, 0.1) is 20.9 Å². The van der Waals surface area contributed by atoms with Crippen molar-refractivity contribution in [2.24, 2.45) is 0 Å². The van der Waals surface area contributed by atoms with Gasteiger partial charge >= 0.3 is 0 Å². The van der Waals surface area contributed by atoms with Crippen LogP contribution in [0.4, 0.5) is 5.82 Å². The van der Waals surface area contributed by atoms with Crippen LogP contribution in [0.15, 0.2) is 48.7 Å². The van der Waals surface area contributed by atoms with E-state index in [1.165, 1.54) is 6.20 Å². The SMILES string of the molecule is CC(C)c1cc(C(=O)Nc2ccc(Cl)cn2)nn1-c1nc2ccccc2s1. The fraction of sp³-hybridized carbons (Fsp3) is 0.158. The molecule has 1 amide bonds. The molecule has 0 saturated heterocycles. The first kappa shape index (κ1) is 17.6. The van der Waals surface area contributed by atoms with E-state index in [0.717, 1.165) is 21.0 Å². The highest BCUT2D eigenvalue weighted by Crippen LogP contribution is 2.28. The third-order valence-electron chi connectivity index (χ3n) is 3.99. The smallest absolute Gasteiger partial charge is 0.277 e. The second kappa shape index (κ2) is 7.09. The molecular weight excluding hydrogens is 382 g/mol. The van der Waals surface area contributed by atoms with Crippen LogP contribution in [0, 0.1) is 0 Å². The maximum absolute atomic E-state index is 12.6. The van der Waals surface area contributed by atoms with Gasteiger partial charge in [0, 0.05) is 6.20 Å². The molecule has 4 aromatic rings. The average molecular weight is 398 g/mol. The number of carbonyl (C=O) groups is 1. The quantitative estimate of drug-likeness (QED) is 0.531. The summed E-state index contributed by atoms with van der Waals surface area (Å²) in [5, 5.41) is 8.50. The third kappa shape index (κ3) is 3.56. The fourth-order valence-corrected chi connectivity index (χ4v) is 3.70. The summed E-state index contributed by atoms with van der Waals surface area (Å²) in [7, 11) is 0.